The number of rotatable bonds is 1. The molecule has 6 aromatic rings. The van der Waals surface area contributed by atoms with Gasteiger partial charge in [-0.3, -0.25) is 4.98 Å². The molecular weight excluding hydrogens is 490 g/mol. The third-order valence-corrected chi connectivity index (χ3v) is 10.4. The fourth-order valence-corrected chi connectivity index (χ4v) is 7.87. The monoisotopic (exact) mass is 527 g/mol. The summed E-state index contributed by atoms with van der Waals surface area (Å²) in [6.45, 7) is 16.6. The summed E-state index contributed by atoms with van der Waals surface area (Å²) in [5, 5.41) is 7.83. The van der Waals surface area contributed by atoms with Gasteiger partial charge < -0.3 is 0 Å². The maximum absolute atomic E-state index is 4.99. The fraction of sp³-hybridized carbons (Fsp3) is 0.324. The van der Waals surface area contributed by atoms with Crippen molar-refractivity contribution < 1.29 is 0 Å². The van der Waals surface area contributed by atoms with E-state index in [4.69, 9.17) is 4.98 Å². The first-order valence-corrected chi connectivity index (χ1v) is 15.1. The first-order chi connectivity index (χ1) is 18.4. The van der Waals surface area contributed by atoms with Crippen LogP contribution < -0.4 is 0 Å². The van der Waals surface area contributed by atoms with Crippen molar-refractivity contribution in [2.45, 2.75) is 77.6 Å². The van der Waals surface area contributed by atoms with Gasteiger partial charge in [0.15, 0.2) is 0 Å². The highest BCUT2D eigenvalue weighted by molar-refractivity contribution is 7.25. The molecule has 0 N–H and O–H groups in total. The largest absolute Gasteiger partial charge is 0.256 e. The summed E-state index contributed by atoms with van der Waals surface area (Å²) in [7, 11) is 0. The van der Waals surface area contributed by atoms with Crippen molar-refractivity contribution in [3.05, 3.63) is 89.6 Å². The molecule has 0 fully saturated rings. The normalized spacial score (nSPS) is 16.8. The molecule has 196 valence electrons. The zero-order valence-corrected chi connectivity index (χ0v) is 25.0. The molecule has 0 unspecified atom stereocenters. The second kappa shape index (κ2) is 8.15. The Morgan fingerprint density at radius 2 is 1.33 bits per heavy atom. The van der Waals surface area contributed by atoms with Crippen LogP contribution in [0.5, 0.6) is 0 Å². The lowest BCUT2D eigenvalue weighted by atomic mass is 9.63. The Morgan fingerprint density at radius 3 is 2.08 bits per heavy atom. The van der Waals surface area contributed by atoms with Crippen molar-refractivity contribution in [2.24, 2.45) is 0 Å². The summed E-state index contributed by atoms with van der Waals surface area (Å²) in [4.78, 5) is 4.99. The highest BCUT2D eigenvalue weighted by Gasteiger charge is 2.37. The molecule has 4 aromatic carbocycles. The molecule has 0 saturated carbocycles. The van der Waals surface area contributed by atoms with Gasteiger partial charge in [0.05, 0.1) is 5.69 Å². The molecule has 1 aliphatic carbocycles. The van der Waals surface area contributed by atoms with Crippen molar-refractivity contribution in [1.29, 1.82) is 0 Å². The number of fused-ring (bicyclic) bond motifs is 6. The van der Waals surface area contributed by atoms with E-state index in [1.807, 2.05) is 11.3 Å². The minimum atomic E-state index is 0.0536. The molecule has 7 rings (SSSR count). The lowest BCUT2D eigenvalue weighted by Gasteiger charge is -2.41. The molecule has 1 aliphatic rings. The number of aromatic nitrogens is 1. The Bertz CT molecular complexity index is 1940. The SMILES string of the molecule is CC(C)(C)c1cc(-c2cc3cc4sc5cc6c(cc5c4cc3cn2)C(C)(C)CCC6(C)C)cc2ccccc12. The summed E-state index contributed by atoms with van der Waals surface area (Å²) < 4.78 is 2.77. The van der Waals surface area contributed by atoms with Crippen LogP contribution in [0.3, 0.4) is 0 Å². The van der Waals surface area contributed by atoms with Crippen LogP contribution in [0, 0.1) is 0 Å². The number of nitrogens with zero attached hydrogens (tertiary/aromatic N) is 1. The Balaban J connectivity index is 1.42. The van der Waals surface area contributed by atoms with Gasteiger partial charge in [-0.25, -0.2) is 0 Å². The van der Waals surface area contributed by atoms with Gasteiger partial charge in [0, 0.05) is 37.3 Å². The Morgan fingerprint density at radius 1 is 0.667 bits per heavy atom. The van der Waals surface area contributed by atoms with E-state index in [0.717, 1.165) is 5.69 Å². The summed E-state index contributed by atoms with van der Waals surface area (Å²) in [5.41, 5.74) is 7.16. The average molecular weight is 528 g/mol. The minimum absolute atomic E-state index is 0.0536. The van der Waals surface area contributed by atoms with Gasteiger partial charge in [-0.15, -0.1) is 11.3 Å². The van der Waals surface area contributed by atoms with Gasteiger partial charge in [0.1, 0.15) is 0 Å². The molecule has 0 bridgehead atoms. The number of hydrogen-bond donors (Lipinski definition) is 0. The van der Waals surface area contributed by atoms with Crippen LogP contribution in [0.4, 0.5) is 0 Å². The molecule has 2 heterocycles. The lowest BCUT2D eigenvalue weighted by molar-refractivity contribution is 0.332. The van der Waals surface area contributed by atoms with Crippen molar-refractivity contribution >= 4 is 53.1 Å². The number of hydrogen-bond acceptors (Lipinski definition) is 2. The van der Waals surface area contributed by atoms with Crippen molar-refractivity contribution in [2.75, 3.05) is 0 Å². The Labute approximate surface area is 235 Å². The molecule has 0 radical (unpaired) electrons. The second-order valence-corrected chi connectivity index (χ2v) is 15.1. The predicted molar refractivity (Wildman–Crippen MR) is 172 cm³/mol. The van der Waals surface area contributed by atoms with Crippen LogP contribution in [-0.4, -0.2) is 4.98 Å². The third kappa shape index (κ3) is 3.91. The van der Waals surface area contributed by atoms with Gasteiger partial charge >= 0.3 is 0 Å². The average Bonchev–Trinajstić information content (AvgIpc) is 3.24. The van der Waals surface area contributed by atoms with Crippen LogP contribution >= 0.6 is 11.3 Å². The molecule has 0 amide bonds. The van der Waals surface area contributed by atoms with Gasteiger partial charge in [0.2, 0.25) is 0 Å². The number of thiophene rings is 1. The van der Waals surface area contributed by atoms with Gasteiger partial charge in [-0.1, -0.05) is 72.7 Å². The van der Waals surface area contributed by atoms with Crippen LogP contribution in [0.1, 0.15) is 78.0 Å². The van der Waals surface area contributed by atoms with E-state index in [-0.39, 0.29) is 16.2 Å². The van der Waals surface area contributed by atoms with Gasteiger partial charge in [-0.05, 0) is 104 Å². The number of benzene rings is 4. The number of pyridine rings is 1. The molecule has 0 spiro atoms. The zero-order valence-electron chi connectivity index (χ0n) is 24.2. The van der Waals surface area contributed by atoms with E-state index in [0.29, 0.717) is 0 Å². The first kappa shape index (κ1) is 24.8. The van der Waals surface area contributed by atoms with E-state index >= 15 is 0 Å². The molecule has 0 atom stereocenters. The minimum Gasteiger partial charge on any atom is -0.256 e. The first-order valence-electron chi connectivity index (χ1n) is 14.3. The topological polar surface area (TPSA) is 12.9 Å². The lowest BCUT2D eigenvalue weighted by Crippen LogP contribution is -2.33. The van der Waals surface area contributed by atoms with Gasteiger partial charge in [-0.2, -0.15) is 0 Å². The van der Waals surface area contributed by atoms with E-state index in [1.165, 1.54) is 76.8 Å². The second-order valence-electron chi connectivity index (χ2n) is 14.0. The molecule has 0 saturated heterocycles. The van der Waals surface area contributed by atoms with E-state index in [1.54, 1.807) is 0 Å². The maximum atomic E-state index is 4.99. The summed E-state index contributed by atoms with van der Waals surface area (Å²) in [6.07, 6.45) is 4.56. The highest BCUT2D eigenvalue weighted by atomic mass is 32.1. The van der Waals surface area contributed by atoms with Crippen LogP contribution in [-0.2, 0) is 16.2 Å². The molecule has 0 aliphatic heterocycles. The predicted octanol–water partition coefficient (Wildman–Crippen LogP) is 11.1. The standard InChI is InChI=1S/C37H37NS/c1-35(2,3)29-16-24(14-22-10-8-9-11-26(22)29)32-17-23-18-33-27(15-25(23)21-38-32)28-19-30-31(20-34(28)39-33)37(6,7)13-12-36(30,4)5/h8-11,14-21H,12-13H2,1-7H3. The fourth-order valence-electron chi connectivity index (χ4n) is 6.71. The Hall–Kier alpha value is -3.23. The molecule has 1 nitrogen and oxygen atoms in total. The van der Waals surface area contributed by atoms with E-state index < -0.39 is 0 Å². The van der Waals surface area contributed by atoms with Crippen LogP contribution in [0.15, 0.2) is 72.9 Å². The third-order valence-electron chi connectivity index (χ3n) is 9.25. The van der Waals surface area contributed by atoms with Crippen molar-refractivity contribution in [3.8, 4) is 11.3 Å². The molecule has 2 aromatic heterocycles. The Kier molecular flexibility index (Phi) is 5.18. The summed E-state index contributed by atoms with van der Waals surface area (Å²) >= 11 is 1.94. The van der Waals surface area contributed by atoms with E-state index in [2.05, 4.69) is 121 Å². The highest BCUT2D eigenvalue weighted by Crippen LogP contribution is 2.49. The van der Waals surface area contributed by atoms with Crippen LogP contribution in [0.2, 0.25) is 0 Å². The van der Waals surface area contributed by atoms with E-state index in [9.17, 15) is 0 Å². The van der Waals surface area contributed by atoms with Crippen molar-refractivity contribution in [1.82, 2.24) is 4.98 Å². The zero-order chi connectivity index (χ0) is 27.3. The van der Waals surface area contributed by atoms with Crippen LogP contribution in [0.25, 0.3) is 53.0 Å². The quantitative estimate of drug-likeness (QED) is 0.207. The molecule has 2 heteroatoms. The maximum Gasteiger partial charge on any atom is 0.0708 e. The molecular formula is C37H37NS. The summed E-state index contributed by atoms with van der Waals surface area (Å²) in [5.74, 6) is 0. The molecule has 39 heavy (non-hydrogen) atoms. The van der Waals surface area contributed by atoms with Crippen molar-refractivity contribution in [3.63, 3.8) is 0 Å². The smallest absolute Gasteiger partial charge is 0.0708 e. The summed E-state index contributed by atoms with van der Waals surface area (Å²) in [6, 6.07) is 25.4. The van der Waals surface area contributed by atoms with Gasteiger partial charge in [0.25, 0.3) is 0 Å².